The minimum Gasteiger partial charge on any atom is -0.381 e. The van der Waals surface area contributed by atoms with Crippen molar-refractivity contribution in [1.29, 1.82) is 0 Å². The summed E-state index contributed by atoms with van der Waals surface area (Å²) < 4.78 is 0. The first-order chi connectivity index (χ1) is 9.22. The monoisotopic (exact) mass is 271 g/mol. The molecule has 3 rings (SSSR count). The maximum atomic E-state index is 6.21. The van der Waals surface area contributed by atoms with Gasteiger partial charge in [0.05, 0.1) is 10.7 Å². The van der Waals surface area contributed by atoms with Crippen molar-refractivity contribution in [2.24, 2.45) is 0 Å². The highest BCUT2D eigenvalue weighted by Gasteiger charge is 2.30. The summed E-state index contributed by atoms with van der Waals surface area (Å²) in [5.74, 6) is 0.697. The van der Waals surface area contributed by atoms with Gasteiger partial charge < -0.3 is 5.32 Å². The summed E-state index contributed by atoms with van der Waals surface area (Å²) in [6.07, 6.45) is 2.38. The van der Waals surface area contributed by atoms with E-state index in [0.29, 0.717) is 12.0 Å². The summed E-state index contributed by atoms with van der Waals surface area (Å²) in [7, 11) is 0. The van der Waals surface area contributed by atoms with Crippen LogP contribution in [0, 0.1) is 6.92 Å². The lowest BCUT2D eigenvalue weighted by Gasteiger charge is -2.37. The van der Waals surface area contributed by atoms with Crippen molar-refractivity contribution in [3.05, 3.63) is 64.7 Å². The molecular formula is C17H18ClN. The molecule has 2 aromatic rings. The van der Waals surface area contributed by atoms with E-state index in [2.05, 4.69) is 48.6 Å². The van der Waals surface area contributed by atoms with Gasteiger partial charge in [0.2, 0.25) is 0 Å². The van der Waals surface area contributed by atoms with Crippen molar-refractivity contribution in [1.82, 2.24) is 0 Å². The first kappa shape index (κ1) is 12.6. The average molecular weight is 272 g/mol. The molecule has 0 unspecified atom stereocenters. The predicted octanol–water partition coefficient (Wildman–Crippen LogP) is 5.01. The Balaban J connectivity index is 1.61. The Labute approximate surface area is 119 Å². The second-order valence-electron chi connectivity index (χ2n) is 5.40. The zero-order chi connectivity index (χ0) is 13.2. The Morgan fingerprint density at radius 3 is 2.53 bits per heavy atom. The van der Waals surface area contributed by atoms with Gasteiger partial charge in [0.15, 0.2) is 0 Å². The summed E-state index contributed by atoms with van der Waals surface area (Å²) >= 11 is 6.21. The first-order valence-electron chi connectivity index (χ1n) is 6.80. The van der Waals surface area contributed by atoms with Gasteiger partial charge in [0.25, 0.3) is 0 Å². The van der Waals surface area contributed by atoms with Crippen LogP contribution in [0.2, 0.25) is 5.02 Å². The third kappa shape index (κ3) is 2.76. The number of hydrogen-bond donors (Lipinski definition) is 1. The Bertz CT molecular complexity index is 559. The number of rotatable bonds is 3. The molecule has 98 valence electrons. The van der Waals surface area contributed by atoms with Gasteiger partial charge in [-0.05, 0) is 48.9 Å². The highest BCUT2D eigenvalue weighted by atomic mass is 35.5. The van der Waals surface area contributed by atoms with E-state index in [1.165, 1.54) is 24.0 Å². The van der Waals surface area contributed by atoms with Gasteiger partial charge >= 0.3 is 0 Å². The summed E-state index contributed by atoms with van der Waals surface area (Å²) in [5.41, 5.74) is 3.76. The lowest BCUT2D eigenvalue weighted by molar-refractivity contribution is 0.374. The normalized spacial score (nSPS) is 21.8. The third-order valence-electron chi connectivity index (χ3n) is 3.89. The second kappa shape index (κ2) is 5.26. The molecule has 19 heavy (non-hydrogen) atoms. The van der Waals surface area contributed by atoms with E-state index in [0.717, 1.165) is 10.7 Å². The molecule has 0 saturated heterocycles. The molecule has 0 aromatic heterocycles. The lowest BCUT2D eigenvalue weighted by atomic mass is 9.76. The quantitative estimate of drug-likeness (QED) is 0.828. The van der Waals surface area contributed by atoms with Crippen molar-refractivity contribution in [3.63, 3.8) is 0 Å². The average Bonchev–Trinajstić information content (AvgIpc) is 2.38. The Morgan fingerprint density at radius 2 is 1.79 bits per heavy atom. The molecule has 0 radical (unpaired) electrons. The van der Waals surface area contributed by atoms with E-state index >= 15 is 0 Å². The summed E-state index contributed by atoms with van der Waals surface area (Å²) in [6, 6.07) is 17.4. The summed E-state index contributed by atoms with van der Waals surface area (Å²) in [5, 5.41) is 4.37. The zero-order valence-electron chi connectivity index (χ0n) is 11.1. The molecular weight excluding hydrogens is 254 g/mol. The fraction of sp³-hybridized carbons (Fsp3) is 0.294. The molecule has 1 N–H and O–H groups in total. The zero-order valence-corrected chi connectivity index (χ0v) is 11.8. The largest absolute Gasteiger partial charge is 0.381 e. The Hall–Kier alpha value is -1.47. The number of halogens is 1. The number of aryl methyl sites for hydroxylation is 1. The maximum Gasteiger partial charge on any atom is 0.0637 e. The highest BCUT2D eigenvalue weighted by molar-refractivity contribution is 6.33. The van der Waals surface area contributed by atoms with Crippen molar-refractivity contribution in [3.8, 4) is 0 Å². The van der Waals surface area contributed by atoms with E-state index in [4.69, 9.17) is 11.6 Å². The van der Waals surface area contributed by atoms with Gasteiger partial charge in [0.1, 0.15) is 0 Å². The molecule has 0 aliphatic heterocycles. The molecule has 0 heterocycles. The molecule has 0 amide bonds. The van der Waals surface area contributed by atoms with Gasteiger partial charge in [0, 0.05) is 6.04 Å². The van der Waals surface area contributed by atoms with Crippen LogP contribution in [-0.2, 0) is 0 Å². The standard InChI is InChI=1S/C17H18ClN/c1-12-7-8-16(18)17(9-12)19-15-10-14(11-15)13-5-3-2-4-6-13/h2-9,14-15,19H,10-11H2,1H3. The smallest absolute Gasteiger partial charge is 0.0637 e. The molecule has 1 aliphatic rings. The molecule has 2 aromatic carbocycles. The number of hydrogen-bond acceptors (Lipinski definition) is 1. The van der Waals surface area contributed by atoms with E-state index in [9.17, 15) is 0 Å². The maximum absolute atomic E-state index is 6.21. The Morgan fingerprint density at radius 1 is 1.05 bits per heavy atom. The number of nitrogens with one attached hydrogen (secondary N) is 1. The fourth-order valence-electron chi connectivity index (χ4n) is 2.70. The topological polar surface area (TPSA) is 12.0 Å². The molecule has 0 atom stereocenters. The van der Waals surface area contributed by atoms with Crippen LogP contribution >= 0.6 is 11.6 Å². The molecule has 1 aliphatic carbocycles. The van der Waals surface area contributed by atoms with Gasteiger partial charge in [-0.1, -0.05) is 48.0 Å². The minimum atomic E-state index is 0.546. The van der Waals surface area contributed by atoms with Crippen molar-refractivity contribution in [2.45, 2.75) is 31.7 Å². The van der Waals surface area contributed by atoms with Crippen LogP contribution in [0.1, 0.15) is 29.9 Å². The van der Waals surface area contributed by atoms with E-state index in [1.807, 2.05) is 12.1 Å². The van der Waals surface area contributed by atoms with Gasteiger partial charge in [-0.3, -0.25) is 0 Å². The van der Waals surface area contributed by atoms with Crippen LogP contribution in [0.4, 0.5) is 5.69 Å². The molecule has 0 bridgehead atoms. The lowest BCUT2D eigenvalue weighted by Crippen LogP contribution is -2.34. The SMILES string of the molecule is Cc1ccc(Cl)c(NC2CC(c3ccccc3)C2)c1. The third-order valence-corrected chi connectivity index (χ3v) is 4.22. The van der Waals surface area contributed by atoms with Crippen LogP contribution in [0.5, 0.6) is 0 Å². The van der Waals surface area contributed by atoms with Crippen molar-refractivity contribution >= 4 is 17.3 Å². The molecule has 1 nitrogen and oxygen atoms in total. The van der Waals surface area contributed by atoms with Crippen molar-refractivity contribution < 1.29 is 0 Å². The fourth-order valence-corrected chi connectivity index (χ4v) is 2.87. The Kier molecular flexibility index (Phi) is 3.48. The molecule has 2 heteroatoms. The predicted molar refractivity (Wildman–Crippen MR) is 82.0 cm³/mol. The van der Waals surface area contributed by atoms with Crippen LogP contribution in [0.15, 0.2) is 48.5 Å². The van der Waals surface area contributed by atoms with Crippen molar-refractivity contribution in [2.75, 3.05) is 5.32 Å². The molecule has 1 fully saturated rings. The summed E-state index contributed by atoms with van der Waals surface area (Å²) in [4.78, 5) is 0. The molecule has 1 saturated carbocycles. The van der Waals surface area contributed by atoms with E-state index in [-0.39, 0.29) is 0 Å². The number of anilines is 1. The van der Waals surface area contributed by atoms with Crippen LogP contribution in [0.3, 0.4) is 0 Å². The van der Waals surface area contributed by atoms with Gasteiger partial charge in [-0.2, -0.15) is 0 Å². The second-order valence-corrected chi connectivity index (χ2v) is 5.81. The van der Waals surface area contributed by atoms with Crippen LogP contribution < -0.4 is 5.32 Å². The number of benzene rings is 2. The van der Waals surface area contributed by atoms with E-state index in [1.54, 1.807) is 0 Å². The van der Waals surface area contributed by atoms with Gasteiger partial charge in [-0.25, -0.2) is 0 Å². The minimum absolute atomic E-state index is 0.546. The van der Waals surface area contributed by atoms with E-state index < -0.39 is 0 Å². The van der Waals surface area contributed by atoms with Crippen LogP contribution in [0.25, 0.3) is 0 Å². The van der Waals surface area contributed by atoms with Crippen LogP contribution in [-0.4, -0.2) is 6.04 Å². The molecule has 0 spiro atoms. The highest BCUT2D eigenvalue weighted by Crippen LogP contribution is 2.39. The summed E-state index contributed by atoms with van der Waals surface area (Å²) in [6.45, 7) is 2.09. The first-order valence-corrected chi connectivity index (χ1v) is 7.18. The van der Waals surface area contributed by atoms with Gasteiger partial charge in [-0.15, -0.1) is 0 Å².